The normalized spacial score (nSPS) is 10.3. The van der Waals surface area contributed by atoms with E-state index in [9.17, 15) is 9.59 Å². The fraction of sp³-hybridized carbons (Fsp3) is 0.267. The van der Waals surface area contributed by atoms with Gasteiger partial charge in [-0.25, -0.2) is 9.59 Å². The Morgan fingerprint density at radius 2 is 2.14 bits per heavy atom. The number of carbonyl (C=O) groups is 2. The lowest BCUT2D eigenvalue weighted by atomic mass is 10.1. The van der Waals surface area contributed by atoms with E-state index in [2.05, 4.69) is 15.8 Å². The number of aromatic carboxylic acids is 1. The average Bonchev–Trinajstić information content (AvgIpc) is 2.86. The fourth-order valence-corrected chi connectivity index (χ4v) is 1.97. The highest BCUT2D eigenvalue weighted by atomic mass is 16.5. The molecule has 22 heavy (non-hydrogen) atoms. The summed E-state index contributed by atoms with van der Waals surface area (Å²) >= 11 is 0. The Morgan fingerprint density at radius 3 is 2.82 bits per heavy atom. The van der Waals surface area contributed by atoms with Gasteiger partial charge in [0.25, 0.3) is 0 Å². The third-order valence-corrected chi connectivity index (χ3v) is 3.12. The number of amides is 2. The minimum Gasteiger partial charge on any atom is -0.478 e. The molecule has 7 nitrogen and oxygen atoms in total. The maximum absolute atomic E-state index is 11.9. The van der Waals surface area contributed by atoms with Crippen LogP contribution < -0.4 is 10.6 Å². The molecule has 0 aliphatic carbocycles. The SMILES string of the molecule is CCc1onc(C)c1NC(=O)NCc1cccc(C(=O)O)c1. The number of nitrogens with zero attached hydrogens (tertiary/aromatic N) is 1. The summed E-state index contributed by atoms with van der Waals surface area (Å²) in [4.78, 5) is 22.8. The summed E-state index contributed by atoms with van der Waals surface area (Å²) in [6.45, 7) is 3.87. The lowest BCUT2D eigenvalue weighted by molar-refractivity contribution is 0.0696. The van der Waals surface area contributed by atoms with Gasteiger partial charge in [0, 0.05) is 13.0 Å². The third-order valence-electron chi connectivity index (χ3n) is 3.12. The smallest absolute Gasteiger partial charge is 0.335 e. The molecular weight excluding hydrogens is 286 g/mol. The first-order chi connectivity index (χ1) is 10.5. The largest absolute Gasteiger partial charge is 0.478 e. The van der Waals surface area contributed by atoms with Crippen LogP contribution in [0.1, 0.15) is 34.3 Å². The molecule has 0 saturated carbocycles. The van der Waals surface area contributed by atoms with Crippen molar-refractivity contribution in [3.63, 3.8) is 0 Å². The number of urea groups is 1. The average molecular weight is 303 g/mol. The van der Waals surface area contributed by atoms with Gasteiger partial charge in [-0.05, 0) is 24.6 Å². The van der Waals surface area contributed by atoms with E-state index in [1.165, 1.54) is 12.1 Å². The summed E-state index contributed by atoms with van der Waals surface area (Å²) in [6.07, 6.45) is 0.622. The number of hydrogen-bond acceptors (Lipinski definition) is 4. The second kappa shape index (κ2) is 6.75. The van der Waals surface area contributed by atoms with Gasteiger partial charge in [-0.3, -0.25) is 0 Å². The topological polar surface area (TPSA) is 104 Å². The molecule has 0 radical (unpaired) electrons. The van der Waals surface area contributed by atoms with Crippen LogP contribution in [-0.4, -0.2) is 22.3 Å². The summed E-state index contributed by atoms with van der Waals surface area (Å²) in [7, 11) is 0. The molecule has 1 heterocycles. The number of carboxylic acid groups (broad SMARTS) is 1. The van der Waals surface area contributed by atoms with Crippen LogP contribution in [-0.2, 0) is 13.0 Å². The summed E-state index contributed by atoms with van der Waals surface area (Å²) in [5, 5.41) is 18.1. The van der Waals surface area contributed by atoms with E-state index in [1.54, 1.807) is 19.1 Å². The number of anilines is 1. The minimum absolute atomic E-state index is 0.183. The molecule has 0 spiro atoms. The Kier molecular flexibility index (Phi) is 4.77. The molecule has 0 bridgehead atoms. The Balaban J connectivity index is 1.97. The number of carbonyl (C=O) groups excluding carboxylic acids is 1. The molecule has 0 atom stereocenters. The first-order valence-corrected chi connectivity index (χ1v) is 6.83. The Morgan fingerprint density at radius 1 is 1.36 bits per heavy atom. The van der Waals surface area contributed by atoms with Crippen molar-refractivity contribution in [2.45, 2.75) is 26.8 Å². The van der Waals surface area contributed by atoms with Crippen molar-refractivity contribution in [2.75, 3.05) is 5.32 Å². The van der Waals surface area contributed by atoms with Crippen LogP contribution in [0.3, 0.4) is 0 Å². The number of rotatable bonds is 5. The van der Waals surface area contributed by atoms with Gasteiger partial charge in [-0.1, -0.05) is 24.2 Å². The molecule has 7 heteroatoms. The van der Waals surface area contributed by atoms with Crippen molar-refractivity contribution in [1.29, 1.82) is 0 Å². The van der Waals surface area contributed by atoms with Crippen LogP contribution in [0, 0.1) is 6.92 Å². The molecule has 2 rings (SSSR count). The zero-order valence-electron chi connectivity index (χ0n) is 12.3. The molecule has 2 aromatic rings. The van der Waals surface area contributed by atoms with Gasteiger partial charge in [-0.2, -0.15) is 0 Å². The number of benzene rings is 1. The lowest BCUT2D eigenvalue weighted by Gasteiger charge is -2.08. The van der Waals surface area contributed by atoms with Crippen LogP contribution >= 0.6 is 0 Å². The number of hydrogen-bond donors (Lipinski definition) is 3. The summed E-state index contributed by atoms with van der Waals surface area (Å²) in [5.41, 5.74) is 2.06. The van der Waals surface area contributed by atoms with Crippen molar-refractivity contribution < 1.29 is 19.2 Å². The molecule has 1 aromatic carbocycles. The number of aromatic nitrogens is 1. The molecule has 0 saturated heterocycles. The second-order valence-corrected chi connectivity index (χ2v) is 4.73. The molecule has 0 aliphatic rings. The van der Waals surface area contributed by atoms with Crippen molar-refractivity contribution >= 4 is 17.7 Å². The van der Waals surface area contributed by atoms with Gasteiger partial charge >= 0.3 is 12.0 Å². The lowest BCUT2D eigenvalue weighted by Crippen LogP contribution is -2.28. The van der Waals surface area contributed by atoms with Gasteiger partial charge in [0.05, 0.1) is 5.56 Å². The van der Waals surface area contributed by atoms with E-state index in [1.807, 2.05) is 6.92 Å². The molecule has 0 unspecified atom stereocenters. The van der Waals surface area contributed by atoms with Crippen molar-refractivity contribution in [3.05, 3.63) is 46.8 Å². The number of aryl methyl sites for hydroxylation is 2. The van der Waals surface area contributed by atoms with Gasteiger partial charge in [0.2, 0.25) is 0 Å². The molecular formula is C15H17N3O4. The monoisotopic (exact) mass is 303 g/mol. The minimum atomic E-state index is -1.00. The number of nitrogens with one attached hydrogen (secondary N) is 2. The predicted molar refractivity (Wildman–Crippen MR) is 79.9 cm³/mol. The highest BCUT2D eigenvalue weighted by Crippen LogP contribution is 2.20. The van der Waals surface area contributed by atoms with E-state index in [-0.39, 0.29) is 12.1 Å². The van der Waals surface area contributed by atoms with Crippen molar-refractivity contribution in [1.82, 2.24) is 10.5 Å². The van der Waals surface area contributed by atoms with Gasteiger partial charge in [-0.15, -0.1) is 0 Å². The van der Waals surface area contributed by atoms with Crippen LogP contribution in [0.25, 0.3) is 0 Å². The highest BCUT2D eigenvalue weighted by Gasteiger charge is 2.14. The quantitative estimate of drug-likeness (QED) is 0.787. The zero-order valence-corrected chi connectivity index (χ0v) is 12.3. The Hall–Kier alpha value is -2.83. The Bertz CT molecular complexity index is 694. The van der Waals surface area contributed by atoms with Crippen molar-refractivity contribution in [3.8, 4) is 0 Å². The van der Waals surface area contributed by atoms with Crippen LogP contribution in [0.5, 0.6) is 0 Å². The maximum atomic E-state index is 11.9. The molecule has 3 N–H and O–H groups in total. The van der Waals surface area contributed by atoms with Crippen LogP contribution in [0.2, 0.25) is 0 Å². The predicted octanol–water partition coefficient (Wildman–Crippen LogP) is 2.57. The molecule has 116 valence electrons. The Labute approximate surface area is 127 Å². The molecule has 2 amide bonds. The van der Waals surface area contributed by atoms with Gasteiger partial charge in [0.1, 0.15) is 11.4 Å². The first kappa shape index (κ1) is 15.6. The van der Waals surface area contributed by atoms with Crippen molar-refractivity contribution in [2.24, 2.45) is 0 Å². The summed E-state index contributed by atoms with van der Waals surface area (Å²) in [6, 6.07) is 6.00. The molecule has 0 aliphatic heterocycles. The second-order valence-electron chi connectivity index (χ2n) is 4.73. The van der Waals surface area contributed by atoms with E-state index in [4.69, 9.17) is 9.63 Å². The summed E-state index contributed by atoms with van der Waals surface area (Å²) < 4.78 is 5.09. The van der Waals surface area contributed by atoms with Gasteiger partial charge in [0.15, 0.2) is 5.76 Å². The fourth-order valence-electron chi connectivity index (χ4n) is 1.97. The van der Waals surface area contributed by atoms with E-state index in [0.29, 0.717) is 29.1 Å². The molecule has 1 aromatic heterocycles. The zero-order chi connectivity index (χ0) is 16.1. The van der Waals surface area contributed by atoms with Crippen LogP contribution in [0.4, 0.5) is 10.5 Å². The maximum Gasteiger partial charge on any atom is 0.335 e. The highest BCUT2D eigenvalue weighted by molar-refractivity contribution is 5.90. The third kappa shape index (κ3) is 3.63. The van der Waals surface area contributed by atoms with Gasteiger partial charge < -0.3 is 20.3 Å². The van der Waals surface area contributed by atoms with Crippen LogP contribution in [0.15, 0.2) is 28.8 Å². The standard InChI is InChI=1S/C15H17N3O4/c1-3-12-13(9(2)18-22-12)17-15(21)16-8-10-5-4-6-11(7-10)14(19)20/h4-7H,3,8H2,1-2H3,(H,19,20)(H2,16,17,21). The van der Waals surface area contributed by atoms with E-state index >= 15 is 0 Å². The van der Waals surface area contributed by atoms with E-state index < -0.39 is 12.0 Å². The number of carboxylic acids is 1. The molecule has 0 fully saturated rings. The first-order valence-electron chi connectivity index (χ1n) is 6.83. The van der Waals surface area contributed by atoms with E-state index in [0.717, 1.165) is 0 Å². The summed E-state index contributed by atoms with van der Waals surface area (Å²) in [5.74, 6) is -0.389.